The second kappa shape index (κ2) is 2.37. The molecular formula is C13H20O. The maximum absolute atomic E-state index is 10.9. The molecule has 4 saturated carbocycles. The summed E-state index contributed by atoms with van der Waals surface area (Å²) in [5, 5.41) is 10.9. The Morgan fingerprint density at radius 1 is 0.929 bits per heavy atom. The predicted octanol–water partition coefficient (Wildman–Crippen LogP) is 2.58. The van der Waals surface area contributed by atoms with Gasteiger partial charge in [0.1, 0.15) is 0 Å². The van der Waals surface area contributed by atoms with Gasteiger partial charge in [-0.15, -0.1) is 0 Å². The van der Waals surface area contributed by atoms with Crippen molar-refractivity contribution in [3.8, 4) is 0 Å². The van der Waals surface area contributed by atoms with Gasteiger partial charge in [-0.1, -0.05) is 0 Å². The van der Waals surface area contributed by atoms with Crippen molar-refractivity contribution in [3.63, 3.8) is 0 Å². The van der Waals surface area contributed by atoms with Crippen molar-refractivity contribution in [1.82, 2.24) is 0 Å². The lowest BCUT2D eigenvalue weighted by atomic mass is 9.65. The van der Waals surface area contributed by atoms with Crippen LogP contribution in [0.2, 0.25) is 0 Å². The molecule has 4 aliphatic carbocycles. The van der Waals surface area contributed by atoms with Gasteiger partial charge in [0.2, 0.25) is 0 Å². The van der Waals surface area contributed by atoms with Crippen molar-refractivity contribution in [1.29, 1.82) is 0 Å². The first-order chi connectivity index (χ1) is 6.79. The molecule has 0 heterocycles. The minimum absolute atomic E-state index is 0.196. The van der Waals surface area contributed by atoms with Crippen LogP contribution in [0, 0.1) is 29.6 Å². The number of aliphatic hydroxyl groups is 1. The van der Waals surface area contributed by atoms with Crippen LogP contribution in [0.1, 0.15) is 44.9 Å². The maximum Gasteiger partial charge on any atom is 0.0709 e. The van der Waals surface area contributed by atoms with E-state index in [1.807, 2.05) is 0 Å². The second-order valence-electron chi connectivity index (χ2n) is 6.33. The van der Waals surface area contributed by atoms with E-state index in [9.17, 15) is 5.11 Å². The average molecular weight is 192 g/mol. The Hall–Kier alpha value is -0.0400. The van der Waals surface area contributed by atoms with E-state index < -0.39 is 0 Å². The molecule has 0 saturated heterocycles. The average Bonchev–Trinajstić information content (AvgIpc) is 2.82. The first kappa shape index (κ1) is 8.15. The van der Waals surface area contributed by atoms with E-state index in [-0.39, 0.29) is 5.60 Å². The Kier molecular flexibility index (Phi) is 1.38. The molecule has 6 atom stereocenters. The van der Waals surface area contributed by atoms with E-state index >= 15 is 0 Å². The number of hydrogen-bond donors (Lipinski definition) is 1. The van der Waals surface area contributed by atoms with Crippen LogP contribution in [-0.2, 0) is 0 Å². The molecule has 14 heavy (non-hydrogen) atoms. The molecule has 2 bridgehead atoms. The van der Waals surface area contributed by atoms with Gasteiger partial charge in [0.05, 0.1) is 5.60 Å². The molecule has 4 fully saturated rings. The summed E-state index contributed by atoms with van der Waals surface area (Å²) in [6.07, 6.45) is 9.47. The first-order valence-electron chi connectivity index (χ1n) is 6.51. The third-order valence-electron chi connectivity index (χ3n) is 6.12. The summed E-state index contributed by atoms with van der Waals surface area (Å²) < 4.78 is 0. The van der Waals surface area contributed by atoms with Crippen LogP contribution in [-0.4, -0.2) is 10.7 Å². The molecule has 0 radical (unpaired) electrons. The molecule has 4 rings (SSSR count). The summed E-state index contributed by atoms with van der Waals surface area (Å²) in [6, 6.07) is 0. The van der Waals surface area contributed by atoms with Crippen LogP contribution in [0.4, 0.5) is 0 Å². The largest absolute Gasteiger partial charge is 0.389 e. The highest BCUT2D eigenvalue weighted by molar-refractivity contribution is 5.13. The molecule has 0 aliphatic heterocycles. The summed E-state index contributed by atoms with van der Waals surface area (Å²) in [5.74, 6) is 4.26. The summed E-state index contributed by atoms with van der Waals surface area (Å²) >= 11 is 0. The highest BCUT2D eigenvalue weighted by atomic mass is 16.3. The Labute approximate surface area is 85.9 Å². The van der Waals surface area contributed by atoms with Crippen LogP contribution in [0.5, 0.6) is 0 Å². The second-order valence-corrected chi connectivity index (χ2v) is 6.33. The summed E-state index contributed by atoms with van der Waals surface area (Å²) in [4.78, 5) is 0. The number of rotatable bonds is 0. The van der Waals surface area contributed by atoms with Gasteiger partial charge < -0.3 is 5.11 Å². The summed E-state index contributed by atoms with van der Waals surface area (Å²) in [6.45, 7) is 0. The highest BCUT2D eigenvalue weighted by Crippen LogP contribution is 2.65. The molecule has 0 spiro atoms. The van der Waals surface area contributed by atoms with Crippen LogP contribution >= 0.6 is 0 Å². The summed E-state index contributed by atoms with van der Waals surface area (Å²) in [7, 11) is 0. The fourth-order valence-electron chi connectivity index (χ4n) is 5.67. The van der Waals surface area contributed by atoms with Crippen molar-refractivity contribution in [2.24, 2.45) is 29.6 Å². The standard InChI is InChI=1S/C13H20O/c14-13-6-5-8-2-4-11(12(8)13)9-1-3-10(13)7-9/h8-12,14H,1-7H2. The van der Waals surface area contributed by atoms with E-state index in [1.54, 1.807) is 0 Å². The van der Waals surface area contributed by atoms with Gasteiger partial charge in [0.15, 0.2) is 0 Å². The normalized spacial score (nSPS) is 64.5. The molecule has 0 aromatic rings. The predicted molar refractivity (Wildman–Crippen MR) is 54.7 cm³/mol. The Bertz CT molecular complexity index is 274. The van der Waals surface area contributed by atoms with Crippen molar-refractivity contribution < 1.29 is 5.11 Å². The molecule has 0 aromatic carbocycles. The zero-order chi connectivity index (χ0) is 9.34. The van der Waals surface area contributed by atoms with Crippen LogP contribution in [0.15, 0.2) is 0 Å². The van der Waals surface area contributed by atoms with Gasteiger partial charge in [-0.25, -0.2) is 0 Å². The van der Waals surface area contributed by atoms with Gasteiger partial charge in [0, 0.05) is 0 Å². The summed E-state index contributed by atoms with van der Waals surface area (Å²) in [5.41, 5.74) is -0.196. The molecule has 6 unspecified atom stereocenters. The van der Waals surface area contributed by atoms with Gasteiger partial charge in [-0.2, -0.15) is 0 Å². The number of fused-ring (bicyclic) bond motifs is 4. The zero-order valence-electron chi connectivity index (χ0n) is 8.78. The van der Waals surface area contributed by atoms with E-state index in [1.165, 1.54) is 38.5 Å². The Morgan fingerprint density at radius 2 is 1.79 bits per heavy atom. The fraction of sp³-hybridized carbons (Fsp3) is 1.00. The van der Waals surface area contributed by atoms with Crippen LogP contribution in [0.3, 0.4) is 0 Å². The molecule has 1 N–H and O–H groups in total. The molecule has 1 nitrogen and oxygen atoms in total. The molecule has 1 heteroatoms. The van der Waals surface area contributed by atoms with Gasteiger partial charge in [0.25, 0.3) is 0 Å². The monoisotopic (exact) mass is 192 g/mol. The lowest BCUT2D eigenvalue weighted by Crippen LogP contribution is -2.47. The zero-order valence-corrected chi connectivity index (χ0v) is 8.78. The quantitative estimate of drug-likeness (QED) is 0.625. The smallest absolute Gasteiger partial charge is 0.0709 e. The lowest BCUT2D eigenvalue weighted by molar-refractivity contribution is -0.0939. The van der Waals surface area contributed by atoms with Crippen LogP contribution in [0.25, 0.3) is 0 Å². The van der Waals surface area contributed by atoms with E-state index in [0.29, 0.717) is 5.92 Å². The van der Waals surface area contributed by atoms with Crippen molar-refractivity contribution in [2.75, 3.05) is 0 Å². The van der Waals surface area contributed by atoms with E-state index in [2.05, 4.69) is 0 Å². The van der Waals surface area contributed by atoms with Crippen LogP contribution < -0.4 is 0 Å². The number of hydrogen-bond acceptors (Lipinski definition) is 1. The lowest BCUT2D eigenvalue weighted by Gasteiger charge is -2.44. The Morgan fingerprint density at radius 3 is 2.71 bits per heavy atom. The van der Waals surface area contributed by atoms with Crippen molar-refractivity contribution in [2.45, 2.75) is 50.5 Å². The maximum atomic E-state index is 10.9. The van der Waals surface area contributed by atoms with Crippen molar-refractivity contribution in [3.05, 3.63) is 0 Å². The van der Waals surface area contributed by atoms with Gasteiger partial charge in [-0.3, -0.25) is 0 Å². The fourth-order valence-corrected chi connectivity index (χ4v) is 5.67. The SMILES string of the molecule is OC12CCC3CCC(C4CCC1C4)C32. The van der Waals surface area contributed by atoms with Crippen molar-refractivity contribution >= 4 is 0 Å². The van der Waals surface area contributed by atoms with Gasteiger partial charge in [-0.05, 0) is 74.5 Å². The van der Waals surface area contributed by atoms with Gasteiger partial charge >= 0.3 is 0 Å². The molecule has 0 amide bonds. The molecule has 4 aliphatic rings. The Balaban J connectivity index is 1.82. The molecular weight excluding hydrogens is 172 g/mol. The minimum Gasteiger partial charge on any atom is -0.389 e. The molecule has 0 aromatic heterocycles. The van der Waals surface area contributed by atoms with E-state index in [4.69, 9.17) is 0 Å². The molecule has 78 valence electrons. The van der Waals surface area contributed by atoms with E-state index in [0.717, 1.165) is 30.1 Å². The minimum atomic E-state index is -0.196. The topological polar surface area (TPSA) is 20.2 Å². The third-order valence-corrected chi connectivity index (χ3v) is 6.12. The highest BCUT2D eigenvalue weighted by Gasteiger charge is 2.63. The first-order valence-corrected chi connectivity index (χ1v) is 6.51. The third kappa shape index (κ3) is 0.743.